The molecule has 1 aromatic carbocycles. The Kier molecular flexibility index (Phi) is 4.58. The molecule has 0 bridgehead atoms. The molecule has 0 aliphatic carbocycles. The minimum Gasteiger partial charge on any atom is -0.396 e. The average molecular weight is 258 g/mol. The minimum atomic E-state index is 0.189. The van der Waals surface area contributed by atoms with Gasteiger partial charge >= 0.3 is 0 Å². The van der Waals surface area contributed by atoms with E-state index in [9.17, 15) is 5.11 Å². The molecule has 0 radical (unpaired) electrons. The number of rotatable bonds is 4. The first-order valence-corrected chi connectivity index (χ1v) is 5.44. The van der Waals surface area contributed by atoms with Gasteiger partial charge in [-0.2, -0.15) is 0 Å². The Balaban J connectivity index is 2.78. The van der Waals surface area contributed by atoms with Crippen molar-refractivity contribution in [2.45, 2.75) is 5.92 Å². The molecule has 0 aliphatic rings. The van der Waals surface area contributed by atoms with Gasteiger partial charge in [0.15, 0.2) is 0 Å². The highest BCUT2D eigenvalue weighted by Crippen LogP contribution is 2.20. The van der Waals surface area contributed by atoms with Crippen molar-refractivity contribution in [1.29, 1.82) is 0 Å². The van der Waals surface area contributed by atoms with Crippen LogP contribution in [0.2, 0.25) is 0 Å². The van der Waals surface area contributed by atoms with Gasteiger partial charge in [-0.25, -0.2) is 0 Å². The normalized spacial score (nSPS) is 13.2. The Bertz CT molecular complexity index is 288. The van der Waals surface area contributed by atoms with Gasteiger partial charge in [-0.1, -0.05) is 28.1 Å². The van der Waals surface area contributed by atoms with Crippen LogP contribution in [0.1, 0.15) is 11.5 Å². The van der Waals surface area contributed by atoms with Crippen molar-refractivity contribution in [2.24, 2.45) is 0 Å². The van der Waals surface area contributed by atoms with Gasteiger partial charge in [0, 0.05) is 16.9 Å². The number of hydrogen-bond donors (Lipinski definition) is 1. The maximum atomic E-state index is 9.28. The summed E-state index contributed by atoms with van der Waals surface area (Å²) in [5, 5.41) is 9.28. The van der Waals surface area contributed by atoms with Crippen LogP contribution in [0.15, 0.2) is 28.7 Å². The molecule has 3 heteroatoms. The van der Waals surface area contributed by atoms with Gasteiger partial charge in [-0.15, -0.1) is 0 Å². The summed E-state index contributed by atoms with van der Waals surface area (Å²) < 4.78 is 1.06. The number of benzene rings is 1. The number of nitrogens with zero attached hydrogens (tertiary/aromatic N) is 1. The Hall–Kier alpha value is -0.380. The van der Waals surface area contributed by atoms with Gasteiger partial charge < -0.3 is 10.0 Å². The number of aliphatic hydroxyl groups excluding tert-OH is 1. The van der Waals surface area contributed by atoms with Gasteiger partial charge in [-0.05, 0) is 31.8 Å². The van der Waals surface area contributed by atoms with Crippen LogP contribution in [-0.4, -0.2) is 37.3 Å². The maximum Gasteiger partial charge on any atom is 0.0512 e. The fourth-order valence-corrected chi connectivity index (χ4v) is 1.89. The van der Waals surface area contributed by atoms with Crippen LogP contribution in [-0.2, 0) is 0 Å². The third-order valence-corrected chi connectivity index (χ3v) is 2.62. The summed E-state index contributed by atoms with van der Waals surface area (Å²) >= 11 is 3.43. The quantitative estimate of drug-likeness (QED) is 0.893. The lowest BCUT2D eigenvalue weighted by atomic mass is 10.00. The summed E-state index contributed by atoms with van der Waals surface area (Å²) in [6, 6.07) is 8.10. The Labute approximate surface area is 93.7 Å². The first-order chi connectivity index (χ1) is 6.63. The van der Waals surface area contributed by atoms with Gasteiger partial charge in [0.1, 0.15) is 0 Å². The van der Waals surface area contributed by atoms with E-state index in [1.807, 2.05) is 26.2 Å². The van der Waals surface area contributed by atoms with Crippen LogP contribution >= 0.6 is 15.9 Å². The lowest BCUT2D eigenvalue weighted by Crippen LogP contribution is -2.22. The summed E-state index contributed by atoms with van der Waals surface area (Å²) in [5.74, 6) is 0.197. The zero-order valence-electron chi connectivity index (χ0n) is 8.57. The molecule has 2 nitrogen and oxygen atoms in total. The van der Waals surface area contributed by atoms with E-state index >= 15 is 0 Å². The van der Waals surface area contributed by atoms with E-state index in [4.69, 9.17) is 0 Å². The second kappa shape index (κ2) is 5.49. The van der Waals surface area contributed by atoms with Crippen molar-refractivity contribution < 1.29 is 5.11 Å². The molecule has 1 atom stereocenters. The Morgan fingerprint density at radius 3 is 2.64 bits per heavy atom. The molecule has 1 unspecified atom stereocenters. The predicted octanol–water partition coefficient (Wildman–Crippen LogP) is 2.09. The summed E-state index contributed by atoms with van der Waals surface area (Å²) in [7, 11) is 4.03. The highest BCUT2D eigenvalue weighted by atomic mass is 79.9. The molecule has 78 valence electrons. The molecule has 0 fully saturated rings. The minimum absolute atomic E-state index is 0.189. The molecule has 14 heavy (non-hydrogen) atoms. The van der Waals surface area contributed by atoms with Crippen molar-refractivity contribution >= 4 is 15.9 Å². The molecule has 0 saturated heterocycles. The fourth-order valence-electron chi connectivity index (χ4n) is 1.47. The maximum absolute atomic E-state index is 9.28. The lowest BCUT2D eigenvalue weighted by Gasteiger charge is -2.19. The average Bonchev–Trinajstić information content (AvgIpc) is 2.14. The van der Waals surface area contributed by atoms with Crippen LogP contribution in [0.5, 0.6) is 0 Å². The predicted molar refractivity (Wildman–Crippen MR) is 62.5 cm³/mol. The van der Waals surface area contributed by atoms with E-state index in [1.165, 1.54) is 5.56 Å². The van der Waals surface area contributed by atoms with Crippen molar-refractivity contribution in [3.63, 3.8) is 0 Å². The number of aliphatic hydroxyl groups is 1. The largest absolute Gasteiger partial charge is 0.396 e. The first kappa shape index (κ1) is 11.7. The Morgan fingerprint density at radius 2 is 2.14 bits per heavy atom. The van der Waals surface area contributed by atoms with Crippen LogP contribution in [0.3, 0.4) is 0 Å². The van der Waals surface area contributed by atoms with Crippen molar-refractivity contribution in [1.82, 2.24) is 4.90 Å². The molecule has 0 heterocycles. The summed E-state index contributed by atoms with van der Waals surface area (Å²) in [4.78, 5) is 2.09. The number of halogens is 1. The van der Waals surface area contributed by atoms with E-state index in [0.29, 0.717) is 0 Å². The van der Waals surface area contributed by atoms with E-state index in [2.05, 4.69) is 33.0 Å². The van der Waals surface area contributed by atoms with E-state index in [0.717, 1.165) is 11.0 Å². The van der Waals surface area contributed by atoms with Crippen LogP contribution < -0.4 is 0 Å². The highest BCUT2D eigenvalue weighted by molar-refractivity contribution is 9.10. The van der Waals surface area contributed by atoms with Crippen LogP contribution in [0, 0.1) is 0 Å². The molecule has 0 amide bonds. The Morgan fingerprint density at radius 1 is 1.43 bits per heavy atom. The van der Waals surface area contributed by atoms with Gasteiger partial charge in [0.25, 0.3) is 0 Å². The smallest absolute Gasteiger partial charge is 0.0512 e. The van der Waals surface area contributed by atoms with Gasteiger partial charge in [0.05, 0.1) is 6.61 Å². The SMILES string of the molecule is CN(C)CC(CO)c1cccc(Br)c1. The molecule has 0 saturated carbocycles. The van der Waals surface area contributed by atoms with E-state index < -0.39 is 0 Å². The summed E-state index contributed by atoms with van der Waals surface area (Å²) in [6.07, 6.45) is 0. The molecular weight excluding hydrogens is 242 g/mol. The van der Waals surface area contributed by atoms with Crippen molar-refractivity contribution in [3.8, 4) is 0 Å². The first-order valence-electron chi connectivity index (χ1n) is 4.64. The standard InChI is InChI=1S/C11H16BrNO/c1-13(2)7-10(8-14)9-4-3-5-11(12)6-9/h3-6,10,14H,7-8H2,1-2H3. The molecule has 0 aliphatic heterocycles. The van der Waals surface area contributed by atoms with E-state index in [-0.39, 0.29) is 12.5 Å². The second-order valence-electron chi connectivity index (χ2n) is 3.70. The summed E-state index contributed by atoms with van der Waals surface area (Å²) in [5.41, 5.74) is 1.18. The fraction of sp³-hybridized carbons (Fsp3) is 0.455. The van der Waals surface area contributed by atoms with E-state index in [1.54, 1.807) is 0 Å². The lowest BCUT2D eigenvalue weighted by molar-refractivity contribution is 0.235. The topological polar surface area (TPSA) is 23.5 Å². The van der Waals surface area contributed by atoms with Crippen molar-refractivity contribution in [3.05, 3.63) is 34.3 Å². The van der Waals surface area contributed by atoms with Crippen molar-refractivity contribution in [2.75, 3.05) is 27.2 Å². The summed E-state index contributed by atoms with van der Waals surface area (Å²) in [6.45, 7) is 1.06. The molecular formula is C11H16BrNO. The number of hydrogen-bond acceptors (Lipinski definition) is 2. The zero-order valence-corrected chi connectivity index (χ0v) is 10.2. The molecule has 1 rings (SSSR count). The van der Waals surface area contributed by atoms with Crippen LogP contribution in [0.4, 0.5) is 0 Å². The van der Waals surface area contributed by atoms with Gasteiger partial charge in [0.2, 0.25) is 0 Å². The molecule has 0 spiro atoms. The number of likely N-dealkylation sites (N-methyl/N-ethyl adjacent to an activating group) is 1. The molecule has 0 aromatic heterocycles. The van der Waals surface area contributed by atoms with Crippen LogP contribution in [0.25, 0.3) is 0 Å². The highest BCUT2D eigenvalue weighted by Gasteiger charge is 2.11. The van der Waals surface area contributed by atoms with Gasteiger partial charge in [-0.3, -0.25) is 0 Å². The third kappa shape index (κ3) is 3.40. The third-order valence-electron chi connectivity index (χ3n) is 2.13. The molecule has 1 N–H and O–H groups in total. The monoisotopic (exact) mass is 257 g/mol. The second-order valence-corrected chi connectivity index (χ2v) is 4.61. The zero-order chi connectivity index (χ0) is 10.6. The molecule has 1 aromatic rings.